The summed E-state index contributed by atoms with van der Waals surface area (Å²) in [6.07, 6.45) is 6.50. The number of hydrogen-bond donors (Lipinski definition) is 4. The zero-order valence-corrected chi connectivity index (χ0v) is 35.5. The second-order valence-corrected chi connectivity index (χ2v) is 13.6. The van der Waals surface area contributed by atoms with E-state index in [2.05, 4.69) is 53.8 Å². The minimum atomic E-state index is -1.04. The van der Waals surface area contributed by atoms with Gasteiger partial charge in [-0.25, -0.2) is 0 Å². The Morgan fingerprint density at radius 1 is 1.00 bits per heavy atom. The summed E-state index contributed by atoms with van der Waals surface area (Å²) >= 11 is 0. The summed E-state index contributed by atoms with van der Waals surface area (Å²) in [5.74, 6) is -1.81. The molecular weight excluding hydrogens is 690 g/mol. The Hall–Kier alpha value is -3.39. The second kappa shape index (κ2) is 31.9. The summed E-state index contributed by atoms with van der Waals surface area (Å²) in [5.41, 5.74) is 1.32. The number of carboxylic acids is 1. The van der Waals surface area contributed by atoms with Crippen LogP contribution in [0.15, 0.2) is 30.3 Å². The smallest absolute Gasteiger partial charge is 0.322 e. The highest BCUT2D eigenvalue weighted by Gasteiger charge is 2.36. The molecule has 13 heteroatoms. The third kappa shape index (κ3) is 20.9. The van der Waals surface area contributed by atoms with Crippen molar-refractivity contribution in [2.75, 3.05) is 54.5 Å². The van der Waals surface area contributed by atoms with E-state index in [4.69, 9.17) is 14.6 Å². The first-order chi connectivity index (χ1) is 25.7. The van der Waals surface area contributed by atoms with E-state index >= 15 is 0 Å². The maximum Gasteiger partial charge on any atom is 0.322 e. The monoisotopic (exact) mass is 766 g/mol. The molecule has 2 aliphatic rings. The molecule has 0 aliphatic carbocycles. The molecule has 312 valence electrons. The highest BCUT2D eigenvalue weighted by Crippen LogP contribution is 2.25. The Bertz CT molecular complexity index is 1150. The quantitative estimate of drug-likeness (QED) is 0.173. The molecule has 3 amide bonds. The van der Waals surface area contributed by atoms with E-state index in [-0.39, 0.29) is 79.4 Å². The zero-order valence-electron chi connectivity index (χ0n) is 35.5. The number of hydrogen-bond acceptors (Lipinski definition) is 9. The number of nitrogens with one attached hydrogen (secondary N) is 3. The van der Waals surface area contributed by atoms with Gasteiger partial charge in [-0.15, -0.1) is 0 Å². The Balaban J connectivity index is 0. The van der Waals surface area contributed by atoms with Gasteiger partial charge in [0, 0.05) is 33.7 Å². The van der Waals surface area contributed by atoms with Gasteiger partial charge in [0.1, 0.15) is 12.8 Å². The van der Waals surface area contributed by atoms with Crippen LogP contribution in [0.25, 0.3) is 0 Å². The van der Waals surface area contributed by atoms with Crippen LogP contribution < -0.4 is 16.0 Å². The van der Waals surface area contributed by atoms with Gasteiger partial charge in [-0.1, -0.05) is 97.2 Å². The highest BCUT2D eigenvalue weighted by molar-refractivity contribution is 5.87. The van der Waals surface area contributed by atoms with E-state index in [0.717, 1.165) is 51.5 Å². The van der Waals surface area contributed by atoms with Crippen molar-refractivity contribution in [2.24, 2.45) is 11.8 Å². The van der Waals surface area contributed by atoms with Gasteiger partial charge in [0.2, 0.25) is 17.7 Å². The number of aldehydes is 1. The lowest BCUT2D eigenvalue weighted by Crippen LogP contribution is -2.52. The first kappa shape index (κ1) is 52.7. The van der Waals surface area contributed by atoms with Crippen LogP contribution in [0.2, 0.25) is 0 Å². The Kier molecular flexibility index (Phi) is 31.2. The molecule has 4 N–H and O–H groups in total. The van der Waals surface area contributed by atoms with E-state index in [1.54, 1.807) is 33.1 Å². The standard InChI is InChI=1S/C17H31N3O4.C12H22N2O4.C7H8.C3H8.C2H6/c1-5-12(2)16(14(24-4)8-10-21)20(3)15(22)11-19-17(23)13-7-6-9-18-13;1-8(12(17)13-7-10(15)16)11(18-3)9-5-4-6-14(9)2;1-7-5-3-2-4-6-7;1-3-2;1-2/h10,12-14,16,18H,5-9,11H2,1-4H3,(H,19,23);8-9,11H,4-7H2,1-3H3,(H,13,17)(H,15,16);2-6H,1H3;3H2,1-2H3;1-2H3. The number of rotatable bonds is 16. The first-order valence-corrected chi connectivity index (χ1v) is 19.7. The largest absolute Gasteiger partial charge is 0.480 e. The highest BCUT2D eigenvalue weighted by atomic mass is 16.5. The summed E-state index contributed by atoms with van der Waals surface area (Å²) in [6, 6.07) is 10.1. The van der Waals surface area contributed by atoms with Gasteiger partial charge >= 0.3 is 5.97 Å². The summed E-state index contributed by atoms with van der Waals surface area (Å²) < 4.78 is 10.9. The SMILES string of the molecule is CC.CCC.CCC(C)C(C(CC=O)OC)N(C)C(=O)CNC(=O)C1CCCN1.COC(C(C)C(=O)NCC(=O)O)C1CCCN1C.Cc1ccccc1. The number of carbonyl (C=O) groups is 5. The van der Waals surface area contributed by atoms with Crippen LogP contribution in [-0.2, 0) is 33.4 Å². The first-order valence-electron chi connectivity index (χ1n) is 19.7. The van der Waals surface area contributed by atoms with Crippen molar-refractivity contribution in [1.82, 2.24) is 25.8 Å². The Morgan fingerprint density at radius 3 is 2.02 bits per heavy atom. The van der Waals surface area contributed by atoms with Crippen LogP contribution in [0.5, 0.6) is 0 Å². The molecule has 1 aromatic carbocycles. The minimum absolute atomic E-state index is 0.0437. The molecule has 0 saturated carbocycles. The zero-order chi connectivity index (χ0) is 41.6. The molecule has 2 fully saturated rings. The van der Waals surface area contributed by atoms with Crippen molar-refractivity contribution in [2.45, 2.75) is 131 Å². The number of ether oxygens (including phenoxy) is 2. The van der Waals surface area contributed by atoms with Gasteiger partial charge in [0.25, 0.3) is 0 Å². The lowest BCUT2D eigenvalue weighted by Gasteiger charge is -2.37. The van der Waals surface area contributed by atoms with E-state index in [0.29, 0.717) is 0 Å². The van der Waals surface area contributed by atoms with Crippen LogP contribution in [0.1, 0.15) is 99.0 Å². The Labute approximate surface area is 326 Å². The van der Waals surface area contributed by atoms with Crippen molar-refractivity contribution in [3.05, 3.63) is 35.9 Å². The number of methoxy groups -OCH3 is 2. The molecule has 2 heterocycles. The predicted molar refractivity (Wildman–Crippen MR) is 216 cm³/mol. The van der Waals surface area contributed by atoms with Crippen molar-refractivity contribution >= 4 is 30.0 Å². The van der Waals surface area contributed by atoms with E-state index in [1.807, 2.05) is 52.9 Å². The summed E-state index contributed by atoms with van der Waals surface area (Å²) in [4.78, 5) is 61.5. The van der Waals surface area contributed by atoms with Crippen molar-refractivity contribution in [1.29, 1.82) is 0 Å². The summed E-state index contributed by atoms with van der Waals surface area (Å²) in [7, 11) is 6.87. The molecule has 2 aliphatic heterocycles. The lowest BCUT2D eigenvalue weighted by atomic mass is 9.91. The molecule has 1 aromatic rings. The van der Waals surface area contributed by atoms with Crippen molar-refractivity contribution in [3.8, 4) is 0 Å². The number of likely N-dealkylation sites (tertiary alicyclic amines) is 1. The van der Waals surface area contributed by atoms with Gasteiger partial charge in [-0.2, -0.15) is 0 Å². The van der Waals surface area contributed by atoms with Gasteiger partial charge in [-0.05, 0) is 58.7 Å². The molecule has 0 aromatic heterocycles. The molecule has 2 saturated heterocycles. The molecule has 13 nitrogen and oxygen atoms in total. The molecular formula is C41H75N5O8. The van der Waals surface area contributed by atoms with Gasteiger partial charge in [0.15, 0.2) is 0 Å². The van der Waals surface area contributed by atoms with Crippen molar-refractivity contribution < 1.29 is 38.6 Å². The minimum Gasteiger partial charge on any atom is -0.480 e. The maximum absolute atomic E-state index is 12.5. The molecule has 54 heavy (non-hydrogen) atoms. The normalized spacial score (nSPS) is 18.7. The molecule has 0 radical (unpaired) electrons. The van der Waals surface area contributed by atoms with Crippen LogP contribution in [-0.4, -0.2) is 130 Å². The third-order valence-electron chi connectivity index (χ3n) is 9.36. The van der Waals surface area contributed by atoms with Gasteiger partial charge < -0.3 is 45.1 Å². The van der Waals surface area contributed by atoms with Crippen molar-refractivity contribution in [3.63, 3.8) is 0 Å². The average molecular weight is 766 g/mol. The summed E-state index contributed by atoms with van der Waals surface area (Å²) in [5, 5.41) is 16.7. The number of aryl methyl sites for hydroxylation is 1. The number of carbonyl (C=O) groups excluding carboxylic acids is 4. The number of carboxylic acid groups (broad SMARTS) is 1. The average Bonchev–Trinajstić information content (AvgIpc) is 3.87. The molecule has 0 bridgehead atoms. The number of benzene rings is 1. The van der Waals surface area contributed by atoms with Crippen LogP contribution in [0.3, 0.4) is 0 Å². The number of likely N-dealkylation sites (N-methyl/N-ethyl adjacent to an activating group) is 2. The van der Waals surface area contributed by atoms with E-state index in [9.17, 15) is 24.0 Å². The molecule has 3 rings (SSSR count). The molecule has 7 unspecified atom stereocenters. The lowest BCUT2D eigenvalue weighted by molar-refractivity contribution is -0.140. The Morgan fingerprint density at radius 2 is 1.61 bits per heavy atom. The molecule has 7 atom stereocenters. The fourth-order valence-corrected chi connectivity index (χ4v) is 6.25. The third-order valence-corrected chi connectivity index (χ3v) is 9.36. The van der Waals surface area contributed by atoms with Gasteiger partial charge in [-0.3, -0.25) is 19.2 Å². The van der Waals surface area contributed by atoms with E-state index in [1.165, 1.54) is 12.0 Å². The van der Waals surface area contributed by atoms with E-state index < -0.39 is 5.97 Å². The second-order valence-electron chi connectivity index (χ2n) is 13.6. The van der Waals surface area contributed by atoms with Crippen LogP contribution in [0, 0.1) is 18.8 Å². The predicted octanol–water partition coefficient (Wildman–Crippen LogP) is 4.70. The number of nitrogens with zero attached hydrogens (tertiary/aromatic N) is 2. The van der Waals surface area contributed by atoms with Crippen LogP contribution >= 0.6 is 0 Å². The van der Waals surface area contributed by atoms with Gasteiger partial charge in [0.05, 0.1) is 36.8 Å². The maximum atomic E-state index is 12.5. The van der Waals surface area contributed by atoms with Crippen LogP contribution in [0.4, 0.5) is 0 Å². The fraction of sp³-hybridized carbons (Fsp3) is 0.732. The summed E-state index contributed by atoms with van der Waals surface area (Å²) in [6.45, 7) is 17.6. The molecule has 0 spiro atoms. The number of amides is 3. The topological polar surface area (TPSA) is 167 Å². The number of aliphatic carboxylic acids is 1. The fourth-order valence-electron chi connectivity index (χ4n) is 6.25.